The third-order valence-corrected chi connectivity index (χ3v) is 8.66. The van der Waals surface area contributed by atoms with Crippen LogP contribution in [0.25, 0.3) is 44.5 Å². The summed E-state index contributed by atoms with van der Waals surface area (Å²) in [6, 6.07) is 41.3. The molecule has 2 N–H and O–H groups in total. The zero-order chi connectivity index (χ0) is 40.2. The maximum atomic E-state index is 11.7. The van der Waals surface area contributed by atoms with E-state index in [-0.39, 0.29) is 11.5 Å². The first-order valence-electron chi connectivity index (χ1n) is 17.7. The summed E-state index contributed by atoms with van der Waals surface area (Å²) in [4.78, 5) is 23.4. The highest BCUT2D eigenvalue weighted by atomic mass is 16.5. The van der Waals surface area contributed by atoms with Gasteiger partial charge in [0.25, 0.3) is 0 Å². The number of phenols is 2. The van der Waals surface area contributed by atoms with Crippen LogP contribution in [0.2, 0.25) is 0 Å². The Bertz CT molecular complexity index is 2310. The summed E-state index contributed by atoms with van der Waals surface area (Å²) in [5.74, 6) is 0.536. The minimum Gasteiger partial charge on any atom is -0.508 e. The maximum Gasteiger partial charge on any atom is 0.338 e. The molecule has 0 aromatic heterocycles. The Labute approximate surface area is 327 Å². The van der Waals surface area contributed by atoms with Gasteiger partial charge in [0.1, 0.15) is 23.0 Å². The van der Waals surface area contributed by atoms with E-state index in [2.05, 4.69) is 31.4 Å². The molecule has 0 fully saturated rings. The van der Waals surface area contributed by atoms with Gasteiger partial charge in [-0.25, -0.2) is 9.59 Å². The summed E-state index contributed by atoms with van der Waals surface area (Å²) in [6.45, 7) is 11.3. The van der Waals surface area contributed by atoms with Crippen molar-refractivity contribution < 1.29 is 38.7 Å². The van der Waals surface area contributed by atoms with Crippen LogP contribution in [0.15, 0.2) is 158 Å². The molecule has 0 amide bonds. The summed E-state index contributed by atoms with van der Waals surface area (Å²) < 4.78 is 21.3. The number of hydrogen-bond acceptors (Lipinski definition) is 8. The first-order chi connectivity index (χ1) is 26.9. The molecule has 6 aromatic rings. The van der Waals surface area contributed by atoms with E-state index in [0.29, 0.717) is 35.9 Å². The van der Waals surface area contributed by atoms with Gasteiger partial charge in [0.15, 0.2) is 0 Å². The minimum absolute atomic E-state index is 0.253. The third-order valence-electron chi connectivity index (χ3n) is 8.66. The smallest absolute Gasteiger partial charge is 0.338 e. The van der Waals surface area contributed by atoms with Crippen LogP contribution in [0.4, 0.5) is 0 Å². The highest BCUT2D eigenvalue weighted by Crippen LogP contribution is 2.33. The van der Waals surface area contributed by atoms with Crippen LogP contribution < -0.4 is 9.47 Å². The zero-order valence-corrected chi connectivity index (χ0v) is 31.9. The molecule has 0 radical (unpaired) electrons. The molecular weight excluding hydrogens is 705 g/mol. The lowest BCUT2D eigenvalue weighted by molar-refractivity contribution is -0.130. The number of ether oxygens (including phenoxy) is 4. The number of benzene rings is 6. The monoisotopic (exact) mass is 748 g/mol. The van der Waals surface area contributed by atoms with Crippen molar-refractivity contribution in [3.8, 4) is 67.5 Å². The molecule has 0 heterocycles. The van der Waals surface area contributed by atoms with E-state index < -0.39 is 11.9 Å². The Kier molecular flexibility index (Phi) is 13.7. The van der Waals surface area contributed by atoms with Crippen molar-refractivity contribution in [3.05, 3.63) is 169 Å². The van der Waals surface area contributed by atoms with E-state index in [9.17, 15) is 19.8 Å². The normalized spacial score (nSPS) is 10.5. The van der Waals surface area contributed by atoms with Crippen LogP contribution in [-0.2, 0) is 32.3 Å². The number of methoxy groups -OCH3 is 2. The first-order valence-corrected chi connectivity index (χ1v) is 17.7. The van der Waals surface area contributed by atoms with Crippen molar-refractivity contribution in [2.24, 2.45) is 0 Å². The minimum atomic E-state index is -0.451. The number of phenolic OH excluding ortho intramolecular Hbond substituents is 2. The van der Waals surface area contributed by atoms with Gasteiger partial charge < -0.3 is 29.2 Å². The molecule has 8 nitrogen and oxygen atoms in total. The van der Waals surface area contributed by atoms with Crippen molar-refractivity contribution in [1.29, 1.82) is 0 Å². The quantitative estimate of drug-likeness (QED) is 0.0723. The van der Waals surface area contributed by atoms with Crippen LogP contribution in [0.3, 0.4) is 0 Å². The zero-order valence-electron chi connectivity index (χ0n) is 31.9. The third kappa shape index (κ3) is 10.7. The van der Waals surface area contributed by atoms with Crippen LogP contribution in [0, 0.1) is 0 Å². The second-order valence-corrected chi connectivity index (χ2v) is 13.1. The van der Waals surface area contributed by atoms with Gasteiger partial charge in [0.2, 0.25) is 0 Å². The molecule has 0 bridgehead atoms. The Morgan fingerprint density at radius 1 is 0.464 bits per heavy atom. The Balaban J connectivity index is 0.000000228. The molecule has 0 atom stereocenters. The number of aromatic hydroxyl groups is 2. The molecule has 56 heavy (non-hydrogen) atoms. The Hall–Kier alpha value is -6.74. The predicted molar refractivity (Wildman–Crippen MR) is 220 cm³/mol. The van der Waals surface area contributed by atoms with Gasteiger partial charge in [-0.15, -0.1) is 0 Å². The molecule has 8 heteroatoms. The number of hydrogen-bond donors (Lipinski definition) is 2. The number of carbonyl (C=O) groups is 2. The molecule has 0 aliphatic rings. The second-order valence-electron chi connectivity index (χ2n) is 13.1. The molecule has 0 unspecified atom stereocenters. The Morgan fingerprint density at radius 3 is 1.11 bits per heavy atom. The largest absolute Gasteiger partial charge is 0.508 e. The fourth-order valence-electron chi connectivity index (χ4n) is 5.76. The molecule has 0 aliphatic heterocycles. The van der Waals surface area contributed by atoms with Crippen molar-refractivity contribution in [2.45, 2.75) is 27.1 Å². The summed E-state index contributed by atoms with van der Waals surface area (Å²) in [7, 11) is 3.33. The van der Waals surface area contributed by atoms with Gasteiger partial charge in [-0.1, -0.05) is 86.0 Å². The second kappa shape index (κ2) is 19.0. The number of esters is 2. The van der Waals surface area contributed by atoms with E-state index in [1.807, 2.05) is 66.7 Å². The summed E-state index contributed by atoms with van der Waals surface area (Å²) in [5, 5.41) is 18.9. The average molecular weight is 749 g/mol. The van der Waals surface area contributed by atoms with Crippen molar-refractivity contribution in [3.63, 3.8) is 0 Å². The van der Waals surface area contributed by atoms with Crippen molar-refractivity contribution >= 4 is 11.9 Å². The fourth-order valence-corrected chi connectivity index (χ4v) is 5.76. The lowest BCUT2D eigenvalue weighted by Crippen LogP contribution is -2.07. The van der Waals surface area contributed by atoms with Crippen LogP contribution in [0.5, 0.6) is 23.0 Å². The van der Waals surface area contributed by atoms with E-state index in [0.717, 1.165) is 55.6 Å². The Morgan fingerprint density at radius 2 is 0.768 bits per heavy atom. The van der Waals surface area contributed by atoms with Crippen LogP contribution >= 0.6 is 0 Å². The van der Waals surface area contributed by atoms with Crippen LogP contribution in [0.1, 0.15) is 25.0 Å². The van der Waals surface area contributed by atoms with E-state index in [1.54, 1.807) is 76.6 Å². The lowest BCUT2D eigenvalue weighted by Gasteiger charge is -2.13. The first kappa shape index (κ1) is 40.4. The lowest BCUT2D eigenvalue weighted by atomic mass is 9.95. The number of carbonyl (C=O) groups excluding carboxylic acids is 2. The molecular formula is C48H44O8. The maximum absolute atomic E-state index is 11.7. The fraction of sp³-hybridized carbons (Fsp3) is 0.125. The molecule has 0 spiro atoms. The highest BCUT2D eigenvalue weighted by molar-refractivity contribution is 5.89. The SMILES string of the molecule is C=C(C)C(=O)Oc1ccc(-c2ccc(-c3ccc(OC(=O)C(=C)C)cc3)c(COC)c2)cc1.COCc1cc(-c2ccc(O)cc2)ccc1-c1ccc(O)cc1. The van der Waals surface area contributed by atoms with Crippen molar-refractivity contribution in [1.82, 2.24) is 0 Å². The van der Waals surface area contributed by atoms with Gasteiger partial charge in [0, 0.05) is 25.4 Å². The van der Waals surface area contributed by atoms with Gasteiger partial charge >= 0.3 is 11.9 Å². The molecule has 0 aliphatic carbocycles. The molecule has 6 rings (SSSR count). The standard InChI is InChI=1S/C28H26O5.C20H18O3/c1-18(2)27(29)32-24-11-6-20(7-12-24)22-10-15-26(23(16-22)17-31-5)21-8-13-25(14-9-21)33-28(30)19(3)4;1-23-13-17-12-16(14-2-7-18(21)8-3-14)6-11-20(17)15-4-9-19(22)10-5-15/h6-16H,1,3,17H2,2,4-5H3;2-12,21-22H,13H2,1H3. The van der Waals surface area contributed by atoms with Crippen molar-refractivity contribution in [2.75, 3.05) is 14.2 Å². The van der Waals surface area contributed by atoms with Gasteiger partial charge in [-0.2, -0.15) is 0 Å². The van der Waals surface area contributed by atoms with E-state index >= 15 is 0 Å². The molecule has 0 saturated carbocycles. The van der Waals surface area contributed by atoms with Gasteiger partial charge in [0.05, 0.1) is 13.2 Å². The van der Waals surface area contributed by atoms with E-state index in [4.69, 9.17) is 18.9 Å². The van der Waals surface area contributed by atoms with Gasteiger partial charge in [-0.3, -0.25) is 0 Å². The molecule has 0 saturated heterocycles. The predicted octanol–water partition coefficient (Wildman–Crippen LogP) is 10.7. The topological polar surface area (TPSA) is 112 Å². The van der Waals surface area contributed by atoms with Gasteiger partial charge in [-0.05, 0) is 130 Å². The number of rotatable bonds is 12. The van der Waals surface area contributed by atoms with E-state index in [1.165, 1.54) is 0 Å². The summed E-state index contributed by atoms with van der Waals surface area (Å²) >= 11 is 0. The highest BCUT2D eigenvalue weighted by Gasteiger charge is 2.12. The average Bonchev–Trinajstić information content (AvgIpc) is 3.19. The molecule has 6 aromatic carbocycles. The summed E-state index contributed by atoms with van der Waals surface area (Å²) in [6.07, 6.45) is 0. The molecule has 284 valence electrons. The van der Waals surface area contributed by atoms with Crippen LogP contribution in [-0.4, -0.2) is 36.4 Å². The summed E-state index contributed by atoms with van der Waals surface area (Å²) in [5.41, 5.74) is 11.0.